The van der Waals surface area contributed by atoms with E-state index in [2.05, 4.69) is 10.6 Å². The maximum absolute atomic E-state index is 12.0. The highest BCUT2D eigenvalue weighted by Gasteiger charge is 2.23. The molecule has 0 aromatic heterocycles. The van der Waals surface area contributed by atoms with Crippen molar-refractivity contribution in [3.8, 4) is 0 Å². The number of nitrogens with one attached hydrogen (secondary N) is 2. The van der Waals surface area contributed by atoms with Crippen molar-refractivity contribution in [3.05, 3.63) is 65.2 Å². The first kappa shape index (κ1) is 16.0. The van der Waals surface area contributed by atoms with Gasteiger partial charge in [-0.25, -0.2) is 4.79 Å². The average molecular weight is 298 g/mol. The van der Waals surface area contributed by atoms with E-state index in [-0.39, 0.29) is 12.6 Å². The molecule has 0 radical (unpaired) electrons. The zero-order valence-electron chi connectivity index (χ0n) is 13.2. The molecule has 116 valence electrons. The van der Waals surface area contributed by atoms with E-state index >= 15 is 0 Å². The van der Waals surface area contributed by atoms with Gasteiger partial charge in [-0.05, 0) is 49.6 Å². The number of benzene rings is 2. The maximum Gasteiger partial charge on any atom is 0.319 e. The highest BCUT2D eigenvalue weighted by molar-refractivity contribution is 5.89. The molecule has 0 bridgehead atoms. The number of urea groups is 1. The summed E-state index contributed by atoms with van der Waals surface area (Å²) in [6.45, 7) is 5.83. The molecule has 0 heterocycles. The van der Waals surface area contributed by atoms with E-state index in [1.54, 1.807) is 6.92 Å². The Morgan fingerprint density at radius 2 is 1.77 bits per heavy atom. The maximum atomic E-state index is 12.0. The Hall–Kier alpha value is -2.33. The first-order valence-corrected chi connectivity index (χ1v) is 7.28. The number of hydrogen-bond donors (Lipinski definition) is 3. The van der Waals surface area contributed by atoms with Crippen LogP contribution >= 0.6 is 0 Å². The molecule has 2 rings (SSSR count). The van der Waals surface area contributed by atoms with Gasteiger partial charge in [-0.2, -0.15) is 0 Å². The first-order chi connectivity index (χ1) is 10.4. The molecule has 0 aliphatic heterocycles. The third-order valence-corrected chi connectivity index (χ3v) is 3.75. The molecule has 0 unspecified atom stereocenters. The summed E-state index contributed by atoms with van der Waals surface area (Å²) in [6.07, 6.45) is 0. The van der Waals surface area contributed by atoms with E-state index in [0.717, 1.165) is 16.8 Å². The molecule has 0 aliphatic rings. The fourth-order valence-corrected chi connectivity index (χ4v) is 2.15. The van der Waals surface area contributed by atoms with E-state index < -0.39 is 5.60 Å². The minimum absolute atomic E-state index is 0.133. The van der Waals surface area contributed by atoms with Crippen LogP contribution in [0.4, 0.5) is 10.5 Å². The van der Waals surface area contributed by atoms with Gasteiger partial charge in [0, 0.05) is 5.69 Å². The summed E-state index contributed by atoms with van der Waals surface area (Å²) in [5.41, 5.74) is 2.69. The van der Waals surface area contributed by atoms with Crippen molar-refractivity contribution in [3.63, 3.8) is 0 Å². The summed E-state index contributed by atoms with van der Waals surface area (Å²) in [7, 11) is 0. The summed E-state index contributed by atoms with van der Waals surface area (Å²) < 4.78 is 0. The van der Waals surface area contributed by atoms with Crippen molar-refractivity contribution in [2.75, 3.05) is 11.9 Å². The highest BCUT2D eigenvalue weighted by atomic mass is 16.3. The fraction of sp³-hybridized carbons (Fsp3) is 0.278. The van der Waals surface area contributed by atoms with Crippen molar-refractivity contribution in [1.82, 2.24) is 5.32 Å². The van der Waals surface area contributed by atoms with Gasteiger partial charge in [0.25, 0.3) is 0 Å². The molecule has 0 aliphatic carbocycles. The molecule has 4 heteroatoms. The van der Waals surface area contributed by atoms with Gasteiger partial charge in [0.2, 0.25) is 0 Å². The lowest BCUT2D eigenvalue weighted by molar-refractivity contribution is 0.0599. The minimum Gasteiger partial charge on any atom is -0.384 e. The van der Waals surface area contributed by atoms with Crippen molar-refractivity contribution < 1.29 is 9.90 Å². The zero-order valence-corrected chi connectivity index (χ0v) is 13.2. The monoisotopic (exact) mass is 298 g/mol. The molecule has 0 saturated carbocycles. The van der Waals surface area contributed by atoms with E-state index in [0.29, 0.717) is 0 Å². The second-order valence-corrected chi connectivity index (χ2v) is 5.75. The summed E-state index contributed by atoms with van der Waals surface area (Å²) in [5, 5.41) is 15.9. The Balaban J connectivity index is 1.93. The Kier molecular flexibility index (Phi) is 4.83. The van der Waals surface area contributed by atoms with Gasteiger partial charge in [-0.15, -0.1) is 0 Å². The van der Waals surface area contributed by atoms with Crippen molar-refractivity contribution >= 4 is 11.7 Å². The van der Waals surface area contributed by atoms with Crippen LogP contribution in [0.1, 0.15) is 23.6 Å². The van der Waals surface area contributed by atoms with Gasteiger partial charge in [-0.3, -0.25) is 0 Å². The van der Waals surface area contributed by atoms with Gasteiger partial charge >= 0.3 is 6.03 Å². The number of aryl methyl sites for hydroxylation is 2. The molecular weight excluding hydrogens is 276 g/mol. The molecular formula is C18H22N2O2. The third-order valence-electron chi connectivity index (χ3n) is 3.75. The van der Waals surface area contributed by atoms with Gasteiger partial charge < -0.3 is 15.7 Å². The quantitative estimate of drug-likeness (QED) is 0.810. The number of hydrogen-bond acceptors (Lipinski definition) is 2. The number of amides is 2. The lowest BCUT2D eigenvalue weighted by atomic mass is 9.96. The van der Waals surface area contributed by atoms with Crippen LogP contribution in [0, 0.1) is 13.8 Å². The Morgan fingerprint density at radius 1 is 1.09 bits per heavy atom. The Labute approximate surface area is 131 Å². The molecule has 3 N–H and O–H groups in total. The first-order valence-electron chi connectivity index (χ1n) is 7.28. The standard InChI is InChI=1S/C18H22N2O2/c1-13-9-10-16(11-14(13)2)20-17(21)19-12-18(3,22)15-7-5-4-6-8-15/h4-11,22H,12H2,1-3H3,(H2,19,20,21)/t18-/m0/s1. The topological polar surface area (TPSA) is 61.4 Å². The smallest absolute Gasteiger partial charge is 0.319 e. The van der Waals surface area contributed by atoms with Crippen LogP contribution in [0.15, 0.2) is 48.5 Å². The highest BCUT2D eigenvalue weighted by Crippen LogP contribution is 2.19. The van der Waals surface area contributed by atoms with Crippen molar-refractivity contribution in [2.45, 2.75) is 26.4 Å². The van der Waals surface area contributed by atoms with Crippen molar-refractivity contribution in [2.24, 2.45) is 0 Å². The number of carbonyl (C=O) groups excluding carboxylic acids is 1. The van der Waals surface area contributed by atoms with Crippen LogP contribution in [0.25, 0.3) is 0 Å². The third kappa shape index (κ3) is 4.09. The van der Waals surface area contributed by atoms with Crippen LogP contribution in [-0.2, 0) is 5.60 Å². The van der Waals surface area contributed by atoms with E-state index in [1.807, 2.05) is 62.4 Å². The molecule has 0 spiro atoms. The summed E-state index contributed by atoms with van der Waals surface area (Å²) in [4.78, 5) is 12.0. The van der Waals surface area contributed by atoms with E-state index in [9.17, 15) is 9.90 Å². The number of carbonyl (C=O) groups is 1. The lowest BCUT2D eigenvalue weighted by Crippen LogP contribution is -2.40. The van der Waals surface area contributed by atoms with Crippen LogP contribution in [0.2, 0.25) is 0 Å². The Bertz CT molecular complexity index is 651. The van der Waals surface area contributed by atoms with Gasteiger partial charge in [0.15, 0.2) is 0 Å². The number of rotatable bonds is 4. The molecule has 0 fully saturated rings. The molecule has 2 aromatic carbocycles. The molecule has 2 amide bonds. The van der Waals surface area contributed by atoms with Crippen LogP contribution in [0.3, 0.4) is 0 Å². The second-order valence-electron chi connectivity index (χ2n) is 5.75. The number of anilines is 1. The predicted octanol–water partition coefficient (Wildman–Crippen LogP) is 3.33. The summed E-state index contributed by atoms with van der Waals surface area (Å²) >= 11 is 0. The van der Waals surface area contributed by atoms with Gasteiger partial charge in [0.05, 0.1) is 6.54 Å². The minimum atomic E-state index is -1.11. The van der Waals surface area contributed by atoms with E-state index in [4.69, 9.17) is 0 Å². The van der Waals surface area contributed by atoms with Crippen LogP contribution in [-0.4, -0.2) is 17.7 Å². The molecule has 0 saturated heterocycles. The summed E-state index contributed by atoms with van der Waals surface area (Å²) in [6, 6.07) is 14.7. The molecule has 4 nitrogen and oxygen atoms in total. The SMILES string of the molecule is Cc1ccc(NC(=O)NC[C@](C)(O)c2ccccc2)cc1C. The fourth-order valence-electron chi connectivity index (χ4n) is 2.15. The zero-order chi connectivity index (χ0) is 16.2. The summed E-state index contributed by atoms with van der Waals surface area (Å²) in [5.74, 6) is 0. The average Bonchev–Trinajstić information content (AvgIpc) is 2.50. The molecule has 2 aromatic rings. The van der Waals surface area contributed by atoms with Crippen LogP contribution in [0.5, 0.6) is 0 Å². The molecule has 1 atom stereocenters. The van der Waals surface area contributed by atoms with E-state index in [1.165, 1.54) is 5.56 Å². The van der Waals surface area contributed by atoms with Gasteiger partial charge in [0.1, 0.15) is 5.60 Å². The predicted molar refractivity (Wildman–Crippen MR) is 89.0 cm³/mol. The normalized spacial score (nSPS) is 13.3. The van der Waals surface area contributed by atoms with Crippen molar-refractivity contribution in [1.29, 1.82) is 0 Å². The second kappa shape index (κ2) is 6.62. The largest absolute Gasteiger partial charge is 0.384 e. The lowest BCUT2D eigenvalue weighted by Gasteiger charge is -2.24. The van der Waals surface area contributed by atoms with Crippen LogP contribution < -0.4 is 10.6 Å². The number of aliphatic hydroxyl groups is 1. The molecule has 22 heavy (non-hydrogen) atoms. The van der Waals surface area contributed by atoms with Gasteiger partial charge in [-0.1, -0.05) is 36.4 Å². The Morgan fingerprint density at radius 3 is 2.41 bits per heavy atom.